The van der Waals surface area contributed by atoms with E-state index >= 15 is 0 Å². The van der Waals surface area contributed by atoms with E-state index in [2.05, 4.69) is 15.6 Å². The van der Waals surface area contributed by atoms with Crippen molar-refractivity contribution in [2.24, 2.45) is 16.6 Å². The Labute approximate surface area is 315 Å². The van der Waals surface area contributed by atoms with Gasteiger partial charge in [0.1, 0.15) is 23.9 Å². The number of hydrogen-bond donors (Lipinski definition) is 3. The van der Waals surface area contributed by atoms with Crippen molar-refractivity contribution < 1.29 is 42.4 Å². The van der Waals surface area contributed by atoms with Crippen LogP contribution in [-0.4, -0.2) is 102 Å². The highest BCUT2D eigenvalue weighted by atomic mass is 32.2. The first kappa shape index (κ1) is 44.4. The van der Waals surface area contributed by atoms with E-state index in [1.54, 1.807) is 31.3 Å². The van der Waals surface area contributed by atoms with Crippen LogP contribution in [0.5, 0.6) is 5.75 Å². The van der Waals surface area contributed by atoms with Crippen molar-refractivity contribution in [3.05, 3.63) is 65.7 Å². The quantitative estimate of drug-likeness (QED) is 0.0527. The molecule has 3 amide bonds. The number of ether oxygens (including phenoxy) is 3. The van der Waals surface area contributed by atoms with Crippen LogP contribution in [0.2, 0.25) is 0 Å². The van der Waals surface area contributed by atoms with Crippen LogP contribution in [0.4, 0.5) is 4.79 Å². The van der Waals surface area contributed by atoms with Crippen LogP contribution in [0.1, 0.15) is 64.5 Å². The van der Waals surface area contributed by atoms with Crippen LogP contribution in [-0.2, 0) is 52.3 Å². The average Bonchev–Trinajstić information content (AvgIpc) is 3.11. The first-order chi connectivity index (χ1) is 25.2. The van der Waals surface area contributed by atoms with Gasteiger partial charge >= 0.3 is 12.1 Å². The molecule has 1 unspecified atom stereocenters. The van der Waals surface area contributed by atoms with E-state index in [1.165, 1.54) is 18.1 Å². The van der Waals surface area contributed by atoms with Crippen molar-refractivity contribution in [2.75, 3.05) is 38.8 Å². The Balaban J connectivity index is 2.24. The summed E-state index contributed by atoms with van der Waals surface area (Å²) >= 11 is 0. The van der Waals surface area contributed by atoms with Crippen LogP contribution < -0.4 is 21.1 Å². The van der Waals surface area contributed by atoms with Crippen LogP contribution in [0.25, 0.3) is 0 Å². The van der Waals surface area contributed by atoms with Crippen molar-refractivity contribution >= 4 is 46.5 Å². The Morgan fingerprint density at radius 2 is 1.55 bits per heavy atom. The maximum absolute atomic E-state index is 13.9. The van der Waals surface area contributed by atoms with E-state index in [0.29, 0.717) is 12.2 Å². The summed E-state index contributed by atoms with van der Waals surface area (Å²) in [6, 6.07) is 12.3. The maximum Gasteiger partial charge on any atom is 0.513 e. The molecule has 0 aromatic heterocycles. The summed E-state index contributed by atoms with van der Waals surface area (Å²) in [4.78, 5) is 71.1. The normalized spacial score (nSPS) is 13.6. The molecule has 53 heavy (non-hydrogen) atoms. The lowest BCUT2D eigenvalue weighted by molar-refractivity contribution is -0.145. The number of likely N-dealkylation sites (N-methyl/N-ethyl adjacent to an activating group) is 1. The Morgan fingerprint density at radius 3 is 2.15 bits per heavy atom. The standard InChI is InChI=1S/C38H55N5O9S/c1-7-8-21-50-34(44)18-20-43(5)37(47)33(24-28-12-10-9-11-13-28)42-35(45)31(19-22-53(6)49)41-36(46)32(40-27(4)39)23-29-14-16-30(17-15-29)52-38(48)51-25-26(2)3/h9-17,26,31-33H,7-8,18-25H2,1-6H3,(H2,39,40)(H,41,46)(H,42,45)/t31-,32+,33+,53?/m1/s1. The van der Waals surface area contributed by atoms with Gasteiger partial charge in [0.05, 0.1) is 25.5 Å². The summed E-state index contributed by atoms with van der Waals surface area (Å²) in [6.45, 7) is 7.93. The van der Waals surface area contributed by atoms with Gasteiger partial charge in [0, 0.05) is 49.2 Å². The van der Waals surface area contributed by atoms with Gasteiger partial charge in [0.25, 0.3) is 0 Å². The molecule has 0 aliphatic rings. The lowest BCUT2D eigenvalue weighted by Crippen LogP contribution is -2.56. The summed E-state index contributed by atoms with van der Waals surface area (Å²) in [5.74, 6) is -1.48. The summed E-state index contributed by atoms with van der Waals surface area (Å²) in [5.41, 5.74) is 7.33. The Morgan fingerprint density at radius 1 is 0.906 bits per heavy atom. The number of benzene rings is 2. The number of nitrogens with one attached hydrogen (secondary N) is 2. The molecule has 0 bridgehead atoms. The Kier molecular flexibility index (Phi) is 19.8. The number of amides is 3. The van der Waals surface area contributed by atoms with E-state index in [1.807, 2.05) is 51.1 Å². The van der Waals surface area contributed by atoms with E-state index in [4.69, 9.17) is 19.9 Å². The predicted molar refractivity (Wildman–Crippen MR) is 204 cm³/mol. The second kappa shape index (κ2) is 23.7. The Bertz CT molecular complexity index is 1530. The van der Waals surface area contributed by atoms with Gasteiger partial charge < -0.3 is 35.5 Å². The molecule has 4 N–H and O–H groups in total. The fourth-order valence-electron chi connectivity index (χ4n) is 4.90. The van der Waals surface area contributed by atoms with Crippen molar-refractivity contribution in [3.63, 3.8) is 0 Å². The van der Waals surface area contributed by atoms with Crippen LogP contribution in [0.3, 0.4) is 0 Å². The molecule has 0 fully saturated rings. The number of esters is 1. The SMILES string of the molecule is CCCCOC(=O)CCN(C)C(=O)[C@H](Cc1ccccc1)NC(=O)[C@@H](CCS(C)=O)NC(=O)[C@H](Cc1ccc(OC(=O)OCC(C)C)cc1)N=C(C)N. The summed E-state index contributed by atoms with van der Waals surface area (Å²) in [5, 5.41) is 5.54. The zero-order chi connectivity index (χ0) is 39.3. The molecule has 14 nitrogen and oxygen atoms in total. The van der Waals surface area contributed by atoms with E-state index < -0.39 is 58.8 Å². The molecule has 2 aromatic rings. The van der Waals surface area contributed by atoms with Gasteiger partial charge in [0.15, 0.2) is 0 Å². The highest BCUT2D eigenvalue weighted by molar-refractivity contribution is 7.84. The number of aliphatic imine (C=N–C) groups is 1. The highest BCUT2D eigenvalue weighted by Crippen LogP contribution is 2.16. The van der Waals surface area contributed by atoms with Crippen molar-refractivity contribution in [2.45, 2.75) is 84.3 Å². The smallest absolute Gasteiger partial charge is 0.466 e. The lowest BCUT2D eigenvalue weighted by atomic mass is 10.0. The summed E-state index contributed by atoms with van der Waals surface area (Å²) in [7, 11) is 0.249. The molecule has 0 heterocycles. The van der Waals surface area contributed by atoms with Crippen molar-refractivity contribution in [1.82, 2.24) is 15.5 Å². The molecule has 0 saturated carbocycles. The first-order valence-corrected chi connectivity index (χ1v) is 19.5. The van der Waals surface area contributed by atoms with Gasteiger partial charge in [-0.05, 0) is 48.9 Å². The van der Waals surface area contributed by atoms with E-state index in [9.17, 15) is 28.2 Å². The van der Waals surface area contributed by atoms with Gasteiger partial charge in [-0.3, -0.25) is 28.4 Å². The molecule has 292 valence electrons. The number of amidine groups is 1. The van der Waals surface area contributed by atoms with Crippen LogP contribution >= 0.6 is 0 Å². The second-order valence-electron chi connectivity index (χ2n) is 13.2. The first-order valence-electron chi connectivity index (χ1n) is 17.8. The fraction of sp³-hybridized carbons (Fsp3) is 0.526. The summed E-state index contributed by atoms with van der Waals surface area (Å²) < 4.78 is 27.6. The molecule has 0 radical (unpaired) electrons. The fourth-order valence-corrected chi connectivity index (χ4v) is 5.47. The van der Waals surface area contributed by atoms with Crippen molar-refractivity contribution in [1.29, 1.82) is 0 Å². The van der Waals surface area contributed by atoms with Gasteiger partial charge in [-0.2, -0.15) is 0 Å². The van der Waals surface area contributed by atoms with Crippen molar-refractivity contribution in [3.8, 4) is 5.75 Å². The van der Waals surface area contributed by atoms with Gasteiger partial charge in [0.2, 0.25) is 17.7 Å². The number of carbonyl (C=O) groups excluding carboxylic acids is 5. The zero-order valence-electron chi connectivity index (χ0n) is 31.6. The summed E-state index contributed by atoms with van der Waals surface area (Å²) in [6.07, 6.45) is 2.53. The van der Waals surface area contributed by atoms with E-state index in [0.717, 1.165) is 18.4 Å². The molecule has 0 saturated heterocycles. The minimum absolute atomic E-state index is 0.0119. The average molecular weight is 758 g/mol. The Hall–Kier alpha value is -4.79. The predicted octanol–water partition coefficient (Wildman–Crippen LogP) is 3.32. The molecule has 15 heteroatoms. The minimum atomic E-state index is -1.29. The molecular formula is C38H55N5O9S. The molecule has 0 aliphatic carbocycles. The van der Waals surface area contributed by atoms with Gasteiger partial charge in [-0.15, -0.1) is 0 Å². The van der Waals surface area contributed by atoms with Crippen LogP contribution in [0, 0.1) is 5.92 Å². The number of nitrogens with zero attached hydrogens (tertiary/aromatic N) is 2. The number of hydrogen-bond acceptors (Lipinski definition) is 10. The third kappa shape index (κ3) is 18.0. The molecule has 0 aliphatic heterocycles. The molecule has 4 atom stereocenters. The second-order valence-corrected chi connectivity index (χ2v) is 14.7. The molecule has 2 aromatic carbocycles. The highest BCUT2D eigenvalue weighted by Gasteiger charge is 2.31. The number of unbranched alkanes of at least 4 members (excludes halogenated alkanes) is 1. The maximum atomic E-state index is 13.9. The minimum Gasteiger partial charge on any atom is -0.466 e. The third-order valence-corrected chi connectivity index (χ3v) is 8.57. The molecule has 0 spiro atoms. The molecule has 2 rings (SSSR count). The van der Waals surface area contributed by atoms with E-state index in [-0.39, 0.29) is 62.1 Å². The largest absolute Gasteiger partial charge is 0.513 e. The number of nitrogens with two attached hydrogens (primary N) is 1. The third-order valence-electron chi connectivity index (χ3n) is 7.76. The number of rotatable bonds is 22. The number of carbonyl (C=O) groups is 5. The zero-order valence-corrected chi connectivity index (χ0v) is 32.4. The van der Waals surface area contributed by atoms with Gasteiger partial charge in [-0.1, -0.05) is 69.7 Å². The molecular weight excluding hydrogens is 703 g/mol. The monoisotopic (exact) mass is 757 g/mol. The topological polar surface area (TPSA) is 196 Å². The van der Waals surface area contributed by atoms with Gasteiger partial charge in [-0.25, -0.2) is 4.79 Å². The lowest BCUT2D eigenvalue weighted by Gasteiger charge is -2.27. The van der Waals surface area contributed by atoms with Crippen LogP contribution in [0.15, 0.2) is 59.6 Å².